The molecule has 168 valence electrons. The van der Waals surface area contributed by atoms with Gasteiger partial charge < -0.3 is 10.2 Å². The molecule has 11 heteroatoms. The number of nitrogens with zero attached hydrogens (tertiary/aromatic N) is 5. The second-order valence-electron chi connectivity index (χ2n) is 7.62. The highest BCUT2D eigenvalue weighted by molar-refractivity contribution is 5.82. The van der Waals surface area contributed by atoms with Crippen molar-refractivity contribution in [2.24, 2.45) is 0 Å². The molecular weight excluding hydrogens is 428 g/mol. The molecule has 4 rings (SSSR count). The van der Waals surface area contributed by atoms with Crippen LogP contribution in [0.4, 0.5) is 23.4 Å². The first-order valence-corrected chi connectivity index (χ1v) is 9.95. The van der Waals surface area contributed by atoms with E-state index in [1.807, 2.05) is 13.0 Å². The molecule has 0 radical (unpaired) electrons. The maximum atomic E-state index is 13.3. The number of rotatable bonds is 4. The summed E-state index contributed by atoms with van der Waals surface area (Å²) >= 11 is 0. The Bertz CT molecular complexity index is 1080. The first-order valence-electron chi connectivity index (χ1n) is 9.95. The summed E-state index contributed by atoms with van der Waals surface area (Å²) in [5.41, 5.74) is 1.48. The van der Waals surface area contributed by atoms with E-state index in [0.29, 0.717) is 30.2 Å². The molecule has 2 unspecified atom stereocenters. The Morgan fingerprint density at radius 1 is 1.06 bits per heavy atom. The van der Waals surface area contributed by atoms with Crippen LogP contribution >= 0.6 is 0 Å². The van der Waals surface area contributed by atoms with E-state index in [2.05, 4.69) is 20.6 Å². The molecule has 1 N–H and O–H groups in total. The van der Waals surface area contributed by atoms with Crippen LogP contribution in [0.2, 0.25) is 0 Å². The van der Waals surface area contributed by atoms with Gasteiger partial charge in [0, 0.05) is 25.2 Å². The summed E-state index contributed by atoms with van der Waals surface area (Å²) in [7, 11) is 0. The van der Waals surface area contributed by atoms with E-state index in [-0.39, 0.29) is 6.54 Å². The lowest BCUT2D eigenvalue weighted by atomic mass is 9.85. The highest BCUT2D eigenvalue weighted by atomic mass is 19.4. The fraction of sp³-hybridized carbons (Fsp3) is 0.333. The Hall–Kier alpha value is -3.50. The third kappa shape index (κ3) is 4.71. The lowest BCUT2D eigenvalue weighted by Crippen LogP contribution is -2.54. The van der Waals surface area contributed by atoms with E-state index >= 15 is 0 Å². The van der Waals surface area contributed by atoms with Gasteiger partial charge in [0.05, 0.1) is 11.7 Å². The summed E-state index contributed by atoms with van der Waals surface area (Å²) in [4.78, 5) is 13.4. The zero-order valence-electron chi connectivity index (χ0n) is 17.1. The summed E-state index contributed by atoms with van der Waals surface area (Å²) < 4.78 is 53.6. The van der Waals surface area contributed by atoms with Crippen LogP contribution in [0.15, 0.2) is 48.7 Å². The summed E-state index contributed by atoms with van der Waals surface area (Å²) in [6, 6.07) is 9.97. The molecule has 1 aliphatic rings. The van der Waals surface area contributed by atoms with E-state index in [1.54, 1.807) is 27.9 Å². The van der Waals surface area contributed by atoms with Gasteiger partial charge in [-0.15, -0.1) is 10.2 Å². The highest BCUT2D eigenvalue weighted by Gasteiger charge is 2.42. The number of benzene rings is 1. The van der Waals surface area contributed by atoms with Gasteiger partial charge >= 0.3 is 12.1 Å². The van der Waals surface area contributed by atoms with Crippen molar-refractivity contribution in [3.8, 4) is 5.82 Å². The molecule has 0 aliphatic carbocycles. The van der Waals surface area contributed by atoms with Gasteiger partial charge in [0.2, 0.25) is 0 Å². The Balaban J connectivity index is 1.55. The number of aryl methyl sites for hydroxylation is 1. The van der Waals surface area contributed by atoms with Crippen molar-refractivity contribution in [2.45, 2.75) is 31.5 Å². The fourth-order valence-electron chi connectivity index (χ4n) is 3.82. The van der Waals surface area contributed by atoms with Crippen LogP contribution in [0, 0.1) is 12.7 Å². The van der Waals surface area contributed by atoms with Crippen LogP contribution in [0.5, 0.6) is 0 Å². The maximum absolute atomic E-state index is 13.3. The monoisotopic (exact) mass is 448 g/mol. The zero-order valence-corrected chi connectivity index (χ0v) is 17.1. The normalized spacial score (nSPS) is 19.1. The molecule has 0 bridgehead atoms. The minimum absolute atomic E-state index is 0.0960. The fourth-order valence-corrected chi connectivity index (χ4v) is 3.82. The zero-order chi connectivity index (χ0) is 22.9. The van der Waals surface area contributed by atoms with E-state index in [4.69, 9.17) is 0 Å². The van der Waals surface area contributed by atoms with Crippen molar-refractivity contribution < 1.29 is 22.4 Å². The number of aromatic nitrogens is 4. The number of amides is 1. The Kier molecular flexibility index (Phi) is 5.81. The summed E-state index contributed by atoms with van der Waals surface area (Å²) in [6.45, 7) is 2.42. The van der Waals surface area contributed by atoms with E-state index in [9.17, 15) is 22.4 Å². The van der Waals surface area contributed by atoms with Crippen molar-refractivity contribution in [1.29, 1.82) is 0 Å². The molecule has 0 spiro atoms. The molecule has 1 aliphatic heterocycles. The number of carbonyl (C=O) groups excluding carboxylic acids is 1. The molecule has 1 aromatic carbocycles. The lowest BCUT2D eigenvalue weighted by molar-refractivity contribution is -0.174. The van der Waals surface area contributed by atoms with Gasteiger partial charge in [-0.3, -0.25) is 4.79 Å². The molecule has 3 aromatic rings. The van der Waals surface area contributed by atoms with Crippen LogP contribution < -0.4 is 10.2 Å². The number of nitrogens with one attached hydrogen (secondary N) is 1. The van der Waals surface area contributed by atoms with Crippen LogP contribution in [-0.2, 0) is 4.79 Å². The molecule has 7 nitrogen and oxygen atoms in total. The summed E-state index contributed by atoms with van der Waals surface area (Å²) in [5, 5.41) is 14.7. The Morgan fingerprint density at radius 3 is 2.34 bits per heavy atom. The maximum Gasteiger partial charge on any atom is 0.471 e. The van der Waals surface area contributed by atoms with Crippen LogP contribution in [-0.4, -0.2) is 51.2 Å². The largest absolute Gasteiger partial charge is 0.471 e. The minimum Gasteiger partial charge on any atom is -0.353 e. The SMILES string of the molecule is Cc1ccn(-c2ccc(N3CCC(c4ccc(F)cc4)C(NC(=O)C(F)(F)F)C3)nn2)n1. The van der Waals surface area contributed by atoms with E-state index in [1.165, 1.54) is 24.3 Å². The smallest absolute Gasteiger partial charge is 0.353 e. The molecule has 2 aromatic heterocycles. The first-order chi connectivity index (χ1) is 15.2. The number of alkyl halides is 3. The number of piperidine rings is 1. The molecule has 1 saturated heterocycles. The summed E-state index contributed by atoms with van der Waals surface area (Å²) in [5.74, 6) is -1.87. The van der Waals surface area contributed by atoms with Gasteiger partial charge in [-0.25, -0.2) is 9.07 Å². The van der Waals surface area contributed by atoms with Gasteiger partial charge in [-0.1, -0.05) is 12.1 Å². The number of hydrogen-bond acceptors (Lipinski definition) is 5. The van der Waals surface area contributed by atoms with Crippen LogP contribution in [0.25, 0.3) is 5.82 Å². The standard InChI is InChI=1S/C21H20F4N6O/c1-13-8-11-31(29-13)19-7-6-18(27-28-19)30-10-9-16(14-2-4-15(22)5-3-14)17(12-30)26-20(32)21(23,24)25/h2-8,11,16-17H,9-10,12H2,1H3,(H,26,32). The van der Waals surface area contributed by atoms with Gasteiger partial charge in [0.15, 0.2) is 11.6 Å². The molecule has 32 heavy (non-hydrogen) atoms. The third-order valence-corrected chi connectivity index (χ3v) is 5.40. The Labute approximate surface area is 181 Å². The van der Waals surface area contributed by atoms with E-state index in [0.717, 1.165) is 5.69 Å². The molecular formula is C21H20F4N6O. The molecule has 3 heterocycles. The van der Waals surface area contributed by atoms with Gasteiger partial charge in [-0.05, 0) is 49.2 Å². The highest BCUT2D eigenvalue weighted by Crippen LogP contribution is 2.31. The average Bonchev–Trinajstić information content (AvgIpc) is 3.20. The first kappa shape index (κ1) is 21.7. The second-order valence-corrected chi connectivity index (χ2v) is 7.62. The number of hydrogen-bond donors (Lipinski definition) is 1. The molecule has 0 saturated carbocycles. The van der Waals surface area contributed by atoms with E-state index < -0.39 is 29.9 Å². The lowest BCUT2D eigenvalue weighted by Gasteiger charge is -2.39. The van der Waals surface area contributed by atoms with Crippen LogP contribution in [0.3, 0.4) is 0 Å². The van der Waals surface area contributed by atoms with Crippen molar-refractivity contribution in [3.63, 3.8) is 0 Å². The minimum atomic E-state index is -5.00. The summed E-state index contributed by atoms with van der Waals surface area (Å²) in [6.07, 6.45) is -2.81. The predicted molar refractivity (Wildman–Crippen MR) is 108 cm³/mol. The molecule has 1 fully saturated rings. The van der Waals surface area contributed by atoms with Crippen LogP contribution in [0.1, 0.15) is 23.6 Å². The van der Waals surface area contributed by atoms with Crippen molar-refractivity contribution in [1.82, 2.24) is 25.3 Å². The van der Waals surface area contributed by atoms with Crippen molar-refractivity contribution in [2.75, 3.05) is 18.0 Å². The molecule has 2 atom stereocenters. The van der Waals surface area contributed by atoms with Gasteiger partial charge in [0.1, 0.15) is 5.82 Å². The Morgan fingerprint density at radius 2 is 1.75 bits per heavy atom. The second kappa shape index (κ2) is 8.56. The topological polar surface area (TPSA) is 75.9 Å². The third-order valence-electron chi connectivity index (χ3n) is 5.40. The van der Waals surface area contributed by atoms with Gasteiger partial charge in [0.25, 0.3) is 0 Å². The average molecular weight is 448 g/mol. The predicted octanol–water partition coefficient (Wildman–Crippen LogP) is 3.15. The van der Waals surface area contributed by atoms with Gasteiger partial charge in [-0.2, -0.15) is 18.3 Å². The van der Waals surface area contributed by atoms with Crippen molar-refractivity contribution in [3.05, 3.63) is 65.7 Å². The quantitative estimate of drug-likeness (QED) is 0.621. The van der Waals surface area contributed by atoms with Crippen molar-refractivity contribution >= 4 is 11.7 Å². The number of carbonyl (C=O) groups is 1. The number of halogens is 4. The molecule has 1 amide bonds. The number of anilines is 1.